The molecule has 3 rings (SSSR count). The number of ether oxygens (including phenoxy) is 1. The number of hydrogen-bond donors (Lipinski definition) is 4. The van der Waals surface area contributed by atoms with Gasteiger partial charge in [0.05, 0.1) is 23.8 Å². The molecule has 0 aliphatic carbocycles. The maximum Gasteiger partial charge on any atom is 0.253 e. The Kier molecular flexibility index (Phi) is 11.7. The van der Waals surface area contributed by atoms with Gasteiger partial charge in [0, 0.05) is 57.2 Å². The fourth-order valence-electron chi connectivity index (χ4n) is 4.63. The van der Waals surface area contributed by atoms with E-state index in [1.165, 1.54) is 12.1 Å². The van der Waals surface area contributed by atoms with Gasteiger partial charge in [-0.25, -0.2) is 8.78 Å². The van der Waals surface area contributed by atoms with E-state index < -0.39 is 29.7 Å². The van der Waals surface area contributed by atoms with E-state index >= 15 is 0 Å². The molecule has 10 heteroatoms. The molecule has 4 N–H and O–H groups in total. The van der Waals surface area contributed by atoms with Gasteiger partial charge in [-0.1, -0.05) is 13.8 Å². The van der Waals surface area contributed by atoms with Crippen LogP contribution < -0.4 is 16.0 Å². The predicted molar refractivity (Wildman–Crippen MR) is 141 cm³/mol. The Morgan fingerprint density at radius 2 is 1.92 bits per heavy atom. The lowest BCUT2D eigenvalue weighted by atomic mass is 9.99. The first-order valence-corrected chi connectivity index (χ1v) is 13.5. The summed E-state index contributed by atoms with van der Waals surface area (Å²) < 4.78 is 33.3. The lowest BCUT2D eigenvalue weighted by Crippen LogP contribution is -2.50. The molecule has 0 radical (unpaired) electrons. The van der Waals surface area contributed by atoms with E-state index in [2.05, 4.69) is 16.0 Å². The zero-order valence-corrected chi connectivity index (χ0v) is 22.3. The van der Waals surface area contributed by atoms with Crippen molar-refractivity contribution in [3.8, 4) is 0 Å². The Morgan fingerprint density at radius 1 is 1.16 bits per heavy atom. The van der Waals surface area contributed by atoms with E-state index in [0.29, 0.717) is 37.3 Å². The number of nitrogens with zero attached hydrogens (tertiary/aromatic N) is 1. The fourth-order valence-corrected chi connectivity index (χ4v) is 4.63. The quantitative estimate of drug-likeness (QED) is 0.292. The minimum absolute atomic E-state index is 0.0166. The van der Waals surface area contributed by atoms with Gasteiger partial charge in [0.1, 0.15) is 11.6 Å². The van der Waals surface area contributed by atoms with Crippen LogP contribution in [-0.4, -0.2) is 79.4 Å². The van der Waals surface area contributed by atoms with Crippen LogP contribution in [0.2, 0.25) is 0 Å². The molecule has 0 aromatic heterocycles. The SMILES string of the molecule is CCCNC(=O)C1=CC(C(=O)N[C@@H](Cc2cc(F)cc(F)c2)[C@H](O)CNC[C@@H]2CCCO2)=CN(CCC)C1. The summed E-state index contributed by atoms with van der Waals surface area (Å²) in [5.41, 5.74) is 1.06. The van der Waals surface area contributed by atoms with E-state index in [9.17, 15) is 23.5 Å². The molecule has 0 saturated carbocycles. The molecule has 1 saturated heterocycles. The number of carbonyl (C=O) groups is 2. The van der Waals surface area contributed by atoms with E-state index in [1.807, 2.05) is 18.7 Å². The highest BCUT2D eigenvalue weighted by Gasteiger charge is 2.27. The molecule has 1 aromatic carbocycles. The first-order valence-electron chi connectivity index (χ1n) is 13.5. The molecule has 0 bridgehead atoms. The minimum atomic E-state index is -1.04. The van der Waals surface area contributed by atoms with Crippen LogP contribution in [0.5, 0.6) is 0 Å². The highest BCUT2D eigenvalue weighted by Crippen LogP contribution is 2.17. The van der Waals surface area contributed by atoms with Gasteiger partial charge in [0.2, 0.25) is 5.91 Å². The maximum absolute atomic E-state index is 13.9. The highest BCUT2D eigenvalue weighted by atomic mass is 19.1. The first-order chi connectivity index (χ1) is 18.3. The molecule has 0 unspecified atom stereocenters. The molecular formula is C28H40F2N4O4. The van der Waals surface area contributed by atoms with Gasteiger partial charge in [-0.2, -0.15) is 0 Å². The second-order valence-corrected chi connectivity index (χ2v) is 9.90. The van der Waals surface area contributed by atoms with Crippen LogP contribution in [0.15, 0.2) is 41.6 Å². The van der Waals surface area contributed by atoms with Crippen LogP contribution >= 0.6 is 0 Å². The van der Waals surface area contributed by atoms with Crippen LogP contribution in [0.3, 0.4) is 0 Å². The normalized spacial score (nSPS) is 19.0. The van der Waals surface area contributed by atoms with Crippen LogP contribution in [0.25, 0.3) is 0 Å². The number of carbonyl (C=O) groups excluding carboxylic acids is 2. The summed E-state index contributed by atoms with van der Waals surface area (Å²) in [6.45, 7) is 6.99. The second kappa shape index (κ2) is 14.9. The van der Waals surface area contributed by atoms with Gasteiger partial charge in [-0.3, -0.25) is 9.59 Å². The summed E-state index contributed by atoms with van der Waals surface area (Å²) >= 11 is 0. The van der Waals surface area contributed by atoms with Crippen LogP contribution in [-0.2, 0) is 20.7 Å². The number of rotatable bonds is 14. The van der Waals surface area contributed by atoms with Crippen LogP contribution in [0, 0.1) is 11.6 Å². The molecule has 3 atom stereocenters. The molecule has 1 aromatic rings. The fraction of sp³-hybridized carbons (Fsp3) is 0.571. The van der Waals surface area contributed by atoms with Crippen LogP contribution in [0.4, 0.5) is 8.78 Å². The van der Waals surface area contributed by atoms with Crippen molar-refractivity contribution in [1.29, 1.82) is 0 Å². The minimum Gasteiger partial charge on any atom is -0.390 e. The van der Waals surface area contributed by atoms with Crippen molar-refractivity contribution in [2.75, 3.05) is 39.3 Å². The number of halogens is 2. The highest BCUT2D eigenvalue weighted by molar-refractivity contribution is 6.01. The molecule has 1 fully saturated rings. The third-order valence-corrected chi connectivity index (χ3v) is 6.53. The molecule has 2 aliphatic heterocycles. The summed E-state index contributed by atoms with van der Waals surface area (Å²) in [4.78, 5) is 27.9. The molecule has 2 aliphatic rings. The van der Waals surface area contributed by atoms with Crippen molar-refractivity contribution >= 4 is 11.8 Å². The number of aliphatic hydroxyl groups excluding tert-OH is 1. The lowest BCUT2D eigenvalue weighted by Gasteiger charge is -2.28. The zero-order chi connectivity index (χ0) is 27.5. The summed E-state index contributed by atoms with van der Waals surface area (Å²) in [5, 5.41) is 19.9. The number of hydrogen-bond acceptors (Lipinski definition) is 6. The van der Waals surface area contributed by atoms with Crippen LogP contribution in [0.1, 0.15) is 45.1 Å². The third kappa shape index (κ3) is 9.18. The van der Waals surface area contributed by atoms with E-state index in [1.54, 1.807) is 12.3 Å². The van der Waals surface area contributed by atoms with Gasteiger partial charge in [-0.15, -0.1) is 0 Å². The second-order valence-electron chi connectivity index (χ2n) is 9.90. The zero-order valence-electron chi connectivity index (χ0n) is 22.3. The molecular weight excluding hydrogens is 494 g/mol. The van der Waals surface area contributed by atoms with Crippen molar-refractivity contribution in [1.82, 2.24) is 20.9 Å². The van der Waals surface area contributed by atoms with E-state index in [0.717, 1.165) is 38.4 Å². The number of amides is 2. The Labute approximate surface area is 223 Å². The summed E-state index contributed by atoms with van der Waals surface area (Å²) in [5.74, 6) is -2.16. The van der Waals surface area contributed by atoms with Crippen molar-refractivity contribution in [3.05, 3.63) is 58.8 Å². The number of benzene rings is 1. The summed E-state index contributed by atoms with van der Waals surface area (Å²) in [7, 11) is 0. The molecule has 2 amide bonds. The molecule has 2 heterocycles. The molecule has 210 valence electrons. The number of nitrogens with one attached hydrogen (secondary N) is 3. The third-order valence-electron chi connectivity index (χ3n) is 6.53. The Hall–Kier alpha value is -2.82. The van der Waals surface area contributed by atoms with Crippen molar-refractivity contribution < 1.29 is 28.2 Å². The predicted octanol–water partition coefficient (Wildman–Crippen LogP) is 2.18. The molecule has 8 nitrogen and oxygen atoms in total. The van der Waals surface area contributed by atoms with Gasteiger partial charge < -0.3 is 30.7 Å². The van der Waals surface area contributed by atoms with E-state index in [-0.39, 0.29) is 30.5 Å². The van der Waals surface area contributed by atoms with E-state index in [4.69, 9.17) is 4.74 Å². The molecule has 38 heavy (non-hydrogen) atoms. The largest absolute Gasteiger partial charge is 0.390 e. The van der Waals surface area contributed by atoms with Gasteiger partial charge >= 0.3 is 0 Å². The van der Waals surface area contributed by atoms with Gasteiger partial charge in [0.25, 0.3) is 5.91 Å². The van der Waals surface area contributed by atoms with Gasteiger partial charge in [0.15, 0.2) is 0 Å². The summed E-state index contributed by atoms with van der Waals surface area (Å²) in [6.07, 6.45) is 5.88. The standard InChI is InChI=1S/C28H40F2N4O4/c1-3-7-32-27(36)20-13-21(18-34(17-20)8-4-2)28(37)33-25(12-19-10-22(29)14-23(30)11-19)26(35)16-31-15-24-6-5-9-38-24/h10-11,13-14,18,24-26,31,35H,3-9,12,15-17H2,1-2H3,(H,32,36)(H,33,37)/t24-,25-,26+/m0/s1. The maximum atomic E-state index is 13.9. The monoisotopic (exact) mass is 534 g/mol. The Balaban J connectivity index is 1.76. The Bertz CT molecular complexity index is 990. The topological polar surface area (TPSA) is 103 Å². The Morgan fingerprint density at radius 3 is 2.58 bits per heavy atom. The molecule has 0 spiro atoms. The number of aliphatic hydroxyl groups is 1. The average Bonchev–Trinajstić information content (AvgIpc) is 3.39. The average molecular weight is 535 g/mol. The smallest absolute Gasteiger partial charge is 0.253 e. The van der Waals surface area contributed by atoms with Crippen molar-refractivity contribution in [2.24, 2.45) is 0 Å². The summed E-state index contributed by atoms with van der Waals surface area (Å²) in [6, 6.07) is 2.32. The first kappa shape index (κ1) is 29.7. The van der Waals surface area contributed by atoms with Gasteiger partial charge in [-0.05, 0) is 55.9 Å². The van der Waals surface area contributed by atoms with Crippen molar-refractivity contribution in [3.63, 3.8) is 0 Å². The van der Waals surface area contributed by atoms with Crippen molar-refractivity contribution in [2.45, 2.75) is 64.2 Å². The lowest BCUT2D eigenvalue weighted by molar-refractivity contribution is -0.118.